The molecule has 2 aromatic rings. The van der Waals surface area contributed by atoms with Crippen LogP contribution in [0.1, 0.15) is 23.5 Å². The van der Waals surface area contributed by atoms with E-state index in [1.807, 2.05) is 67.5 Å². The van der Waals surface area contributed by atoms with Gasteiger partial charge in [-0.15, -0.1) is 0 Å². The summed E-state index contributed by atoms with van der Waals surface area (Å²) in [5.74, 6) is -1.77. The molecule has 0 aromatic heterocycles. The van der Waals surface area contributed by atoms with Gasteiger partial charge in [0.25, 0.3) is 0 Å². The summed E-state index contributed by atoms with van der Waals surface area (Å²) in [6, 6.07) is 14.7. The summed E-state index contributed by atoms with van der Waals surface area (Å²) in [4.78, 5) is 39.8. The highest BCUT2D eigenvalue weighted by atomic mass is 16.5. The molecule has 1 atom stereocenters. The molecule has 0 spiro atoms. The number of nitrogens with zero attached hydrogens (tertiary/aromatic N) is 2. The van der Waals surface area contributed by atoms with Crippen LogP contribution in [-0.2, 0) is 14.3 Å². The summed E-state index contributed by atoms with van der Waals surface area (Å²) in [5, 5.41) is 11.6. The third-order valence-electron chi connectivity index (χ3n) is 5.57. The van der Waals surface area contributed by atoms with Gasteiger partial charge < -0.3 is 25.0 Å². The highest BCUT2D eigenvalue weighted by Crippen LogP contribution is 2.44. The van der Waals surface area contributed by atoms with Crippen molar-refractivity contribution < 1.29 is 24.2 Å². The quantitative estimate of drug-likeness (QED) is 0.623. The van der Waals surface area contributed by atoms with Crippen molar-refractivity contribution in [2.24, 2.45) is 0 Å². The van der Waals surface area contributed by atoms with E-state index >= 15 is 0 Å². The second-order valence-electron chi connectivity index (χ2n) is 8.18. The minimum absolute atomic E-state index is 0.0876. The fraction of sp³-hybridized carbons (Fsp3) is 0.375. The maximum Gasteiger partial charge on any atom is 0.407 e. The van der Waals surface area contributed by atoms with E-state index in [1.165, 1.54) is 4.90 Å². The minimum atomic E-state index is -1.20. The van der Waals surface area contributed by atoms with Crippen LogP contribution in [0.25, 0.3) is 11.1 Å². The molecule has 0 heterocycles. The molecule has 2 aromatic carbocycles. The minimum Gasteiger partial charge on any atom is -0.481 e. The van der Waals surface area contributed by atoms with Crippen LogP contribution < -0.4 is 5.32 Å². The van der Waals surface area contributed by atoms with E-state index in [-0.39, 0.29) is 12.5 Å². The molecule has 0 saturated carbocycles. The summed E-state index contributed by atoms with van der Waals surface area (Å²) in [7, 11) is 5.34. The first kappa shape index (κ1) is 23.3. The van der Waals surface area contributed by atoms with Gasteiger partial charge in [-0.3, -0.25) is 9.59 Å². The van der Waals surface area contributed by atoms with Gasteiger partial charge in [0.05, 0.1) is 6.42 Å². The first-order valence-corrected chi connectivity index (χ1v) is 10.5. The summed E-state index contributed by atoms with van der Waals surface area (Å²) in [6.07, 6.45) is -1.33. The summed E-state index contributed by atoms with van der Waals surface area (Å²) >= 11 is 0. The van der Waals surface area contributed by atoms with E-state index < -0.39 is 30.4 Å². The lowest BCUT2D eigenvalue weighted by molar-refractivity contribution is -0.142. The number of ether oxygens (including phenoxy) is 1. The van der Waals surface area contributed by atoms with Gasteiger partial charge >= 0.3 is 12.1 Å². The van der Waals surface area contributed by atoms with Crippen molar-refractivity contribution in [3.05, 3.63) is 59.7 Å². The van der Waals surface area contributed by atoms with Crippen LogP contribution in [0.5, 0.6) is 0 Å². The number of nitrogens with one attached hydrogen (secondary N) is 1. The van der Waals surface area contributed by atoms with Crippen molar-refractivity contribution in [2.45, 2.75) is 18.4 Å². The number of likely N-dealkylation sites (N-methyl/N-ethyl adjacent to an activating group) is 2. The van der Waals surface area contributed by atoms with E-state index in [9.17, 15) is 19.5 Å². The van der Waals surface area contributed by atoms with Gasteiger partial charge in [-0.1, -0.05) is 48.5 Å². The largest absolute Gasteiger partial charge is 0.481 e. The monoisotopic (exact) mass is 439 g/mol. The Hall–Kier alpha value is -3.39. The Morgan fingerprint density at radius 3 is 2.06 bits per heavy atom. The predicted molar refractivity (Wildman–Crippen MR) is 120 cm³/mol. The molecular weight excluding hydrogens is 410 g/mol. The van der Waals surface area contributed by atoms with Gasteiger partial charge in [0.2, 0.25) is 5.91 Å². The number of amides is 2. The molecule has 32 heavy (non-hydrogen) atoms. The highest BCUT2D eigenvalue weighted by molar-refractivity contribution is 5.89. The van der Waals surface area contributed by atoms with Crippen molar-refractivity contribution in [1.82, 2.24) is 15.1 Å². The van der Waals surface area contributed by atoms with E-state index in [2.05, 4.69) is 5.32 Å². The average Bonchev–Trinajstić information content (AvgIpc) is 3.08. The first-order chi connectivity index (χ1) is 15.3. The van der Waals surface area contributed by atoms with Gasteiger partial charge in [0.15, 0.2) is 0 Å². The Labute approximate surface area is 187 Å². The van der Waals surface area contributed by atoms with Crippen LogP contribution in [0.2, 0.25) is 0 Å². The third-order valence-corrected chi connectivity index (χ3v) is 5.57. The molecule has 8 heteroatoms. The fourth-order valence-corrected chi connectivity index (χ4v) is 3.88. The lowest BCUT2D eigenvalue weighted by Crippen LogP contribution is -2.49. The molecule has 0 saturated heterocycles. The highest BCUT2D eigenvalue weighted by Gasteiger charge is 2.31. The van der Waals surface area contributed by atoms with Gasteiger partial charge in [-0.05, 0) is 36.3 Å². The van der Waals surface area contributed by atoms with E-state index in [0.29, 0.717) is 13.1 Å². The molecule has 170 valence electrons. The van der Waals surface area contributed by atoms with Gasteiger partial charge in [-0.2, -0.15) is 0 Å². The molecule has 8 nitrogen and oxygen atoms in total. The third kappa shape index (κ3) is 5.45. The van der Waals surface area contributed by atoms with Crippen LogP contribution in [0.4, 0.5) is 4.79 Å². The lowest BCUT2D eigenvalue weighted by atomic mass is 9.98. The molecular formula is C24H29N3O5. The number of alkyl carbamates (subject to hydrolysis) is 1. The Morgan fingerprint density at radius 1 is 0.969 bits per heavy atom. The molecule has 2 amide bonds. The lowest BCUT2D eigenvalue weighted by Gasteiger charge is -2.25. The van der Waals surface area contributed by atoms with Crippen LogP contribution in [0.3, 0.4) is 0 Å². The normalized spacial score (nSPS) is 13.2. The molecule has 1 unspecified atom stereocenters. The van der Waals surface area contributed by atoms with Crippen molar-refractivity contribution in [3.63, 3.8) is 0 Å². The number of rotatable bonds is 9. The van der Waals surface area contributed by atoms with Crippen LogP contribution in [0, 0.1) is 0 Å². The van der Waals surface area contributed by atoms with Gasteiger partial charge in [-0.25, -0.2) is 4.79 Å². The number of carbonyl (C=O) groups excluding carboxylic acids is 2. The number of benzene rings is 2. The Morgan fingerprint density at radius 2 is 1.53 bits per heavy atom. The zero-order chi connectivity index (χ0) is 23.3. The number of carboxylic acid groups (broad SMARTS) is 1. The number of carbonyl (C=O) groups is 3. The van der Waals surface area contributed by atoms with Crippen LogP contribution >= 0.6 is 0 Å². The zero-order valence-electron chi connectivity index (χ0n) is 18.6. The van der Waals surface area contributed by atoms with Crippen molar-refractivity contribution in [1.29, 1.82) is 0 Å². The van der Waals surface area contributed by atoms with Gasteiger partial charge in [0, 0.05) is 26.1 Å². The smallest absolute Gasteiger partial charge is 0.407 e. The number of carboxylic acids is 1. The van der Waals surface area contributed by atoms with E-state index in [1.54, 1.807) is 7.05 Å². The standard InChI is InChI=1S/C24H29N3O5/c1-26(2)12-13-27(3)23(30)21(14-22(28)29)25-24(31)32-15-20-18-10-6-4-8-16(18)17-9-5-7-11-19(17)20/h4-11,20-21H,12-15H2,1-3H3,(H,25,31)(H,28,29). The maximum atomic E-state index is 12.7. The zero-order valence-corrected chi connectivity index (χ0v) is 18.6. The second-order valence-corrected chi connectivity index (χ2v) is 8.18. The predicted octanol–water partition coefficient (Wildman–Crippen LogP) is 2.39. The molecule has 0 fully saturated rings. The molecule has 1 aliphatic rings. The molecule has 2 N–H and O–H groups in total. The SMILES string of the molecule is CN(C)CCN(C)C(=O)C(CC(=O)O)NC(=O)OCC1c2ccccc2-c2ccccc21. The second kappa shape index (κ2) is 10.3. The Balaban J connectivity index is 1.65. The van der Waals surface area contributed by atoms with Crippen molar-refractivity contribution >= 4 is 18.0 Å². The summed E-state index contributed by atoms with van der Waals surface area (Å²) in [6.45, 7) is 1.12. The molecule has 0 radical (unpaired) electrons. The fourth-order valence-electron chi connectivity index (χ4n) is 3.88. The molecule has 0 bridgehead atoms. The van der Waals surface area contributed by atoms with Crippen molar-refractivity contribution in [3.8, 4) is 11.1 Å². The number of hydrogen-bond donors (Lipinski definition) is 2. The Kier molecular flexibility index (Phi) is 7.48. The first-order valence-electron chi connectivity index (χ1n) is 10.5. The van der Waals surface area contributed by atoms with Gasteiger partial charge in [0.1, 0.15) is 12.6 Å². The van der Waals surface area contributed by atoms with Crippen LogP contribution in [0.15, 0.2) is 48.5 Å². The number of fused-ring (bicyclic) bond motifs is 3. The van der Waals surface area contributed by atoms with Crippen LogP contribution in [-0.4, -0.2) is 79.8 Å². The molecule has 3 rings (SSSR count). The number of hydrogen-bond acceptors (Lipinski definition) is 5. The average molecular weight is 440 g/mol. The van der Waals surface area contributed by atoms with E-state index in [4.69, 9.17) is 4.74 Å². The molecule has 0 aliphatic heterocycles. The van der Waals surface area contributed by atoms with E-state index in [0.717, 1.165) is 22.3 Å². The maximum absolute atomic E-state index is 12.7. The molecule has 1 aliphatic carbocycles. The summed E-state index contributed by atoms with van der Waals surface area (Å²) in [5.41, 5.74) is 4.36. The Bertz CT molecular complexity index is 946. The topological polar surface area (TPSA) is 99.2 Å². The van der Waals surface area contributed by atoms with Crippen molar-refractivity contribution in [2.75, 3.05) is 40.8 Å². The number of aliphatic carboxylic acids is 1. The summed E-state index contributed by atoms with van der Waals surface area (Å²) < 4.78 is 5.46.